The third-order valence-electron chi connectivity index (χ3n) is 4.51. The monoisotopic (exact) mass is 285 g/mol. The Morgan fingerprint density at radius 3 is 2.76 bits per heavy atom. The fourth-order valence-corrected chi connectivity index (χ4v) is 3.10. The molecule has 0 heterocycles. The Bertz CT molecular complexity index is 494. The van der Waals surface area contributed by atoms with Gasteiger partial charge in [-0.2, -0.15) is 0 Å². The Kier molecular flexibility index (Phi) is 6.29. The molecule has 2 rings (SSSR count). The summed E-state index contributed by atoms with van der Waals surface area (Å²) in [5, 5.41) is 10.00. The molecule has 1 fully saturated rings. The lowest BCUT2D eigenvalue weighted by molar-refractivity contribution is 0.170. The van der Waals surface area contributed by atoms with Gasteiger partial charge in [-0.15, -0.1) is 0 Å². The number of aliphatic hydroxyl groups excluding tert-OH is 1. The molecule has 1 aromatic rings. The van der Waals surface area contributed by atoms with Crippen molar-refractivity contribution in [1.29, 1.82) is 0 Å². The highest BCUT2D eigenvalue weighted by Gasteiger charge is 2.18. The van der Waals surface area contributed by atoms with Crippen LogP contribution in [0.15, 0.2) is 24.3 Å². The molecule has 0 amide bonds. The van der Waals surface area contributed by atoms with Gasteiger partial charge < -0.3 is 10.8 Å². The molecular formula is C19H27NO. The number of nitrogens with two attached hydrogens (primary N) is 1. The van der Waals surface area contributed by atoms with Gasteiger partial charge in [-0.25, -0.2) is 0 Å². The summed E-state index contributed by atoms with van der Waals surface area (Å²) in [5.74, 6) is 7.92. The maximum Gasteiger partial charge on any atom is 0.0802 e. The van der Waals surface area contributed by atoms with Crippen LogP contribution in [0.25, 0.3) is 0 Å². The normalized spacial score (nSPS) is 18.6. The maximum atomic E-state index is 10.00. The third-order valence-corrected chi connectivity index (χ3v) is 4.51. The van der Waals surface area contributed by atoms with Gasteiger partial charge in [0.1, 0.15) is 0 Å². The second-order valence-corrected chi connectivity index (χ2v) is 6.17. The lowest BCUT2D eigenvalue weighted by Crippen LogP contribution is -2.13. The van der Waals surface area contributed by atoms with Crippen molar-refractivity contribution >= 4 is 0 Å². The highest BCUT2D eigenvalue weighted by atomic mass is 16.3. The van der Waals surface area contributed by atoms with Crippen LogP contribution in [-0.4, -0.2) is 11.7 Å². The molecule has 0 saturated heterocycles. The Balaban J connectivity index is 2.02. The topological polar surface area (TPSA) is 46.2 Å². The van der Waals surface area contributed by atoms with Crippen LogP contribution in [0.5, 0.6) is 0 Å². The van der Waals surface area contributed by atoms with E-state index in [9.17, 15) is 5.11 Å². The first-order valence-corrected chi connectivity index (χ1v) is 8.20. The molecule has 1 unspecified atom stereocenters. The molecule has 2 nitrogen and oxygen atoms in total. The average molecular weight is 285 g/mol. The van der Waals surface area contributed by atoms with Gasteiger partial charge in [-0.05, 0) is 49.4 Å². The van der Waals surface area contributed by atoms with Crippen LogP contribution in [0.1, 0.15) is 62.7 Å². The van der Waals surface area contributed by atoms with Crippen molar-refractivity contribution in [3.05, 3.63) is 35.4 Å². The van der Waals surface area contributed by atoms with Gasteiger partial charge in [-0.1, -0.05) is 50.2 Å². The zero-order valence-corrected chi connectivity index (χ0v) is 13.0. The van der Waals surface area contributed by atoms with Gasteiger partial charge in [0.2, 0.25) is 0 Å². The van der Waals surface area contributed by atoms with Crippen LogP contribution in [0.2, 0.25) is 0 Å². The quantitative estimate of drug-likeness (QED) is 0.830. The molecule has 3 N–H and O–H groups in total. The van der Waals surface area contributed by atoms with Crippen molar-refractivity contribution in [2.75, 3.05) is 6.54 Å². The molecule has 0 radical (unpaired) electrons. The van der Waals surface area contributed by atoms with E-state index in [1.807, 2.05) is 24.3 Å². The van der Waals surface area contributed by atoms with Gasteiger partial charge in [0.05, 0.1) is 6.10 Å². The van der Waals surface area contributed by atoms with Crippen LogP contribution in [0, 0.1) is 23.7 Å². The van der Waals surface area contributed by atoms with E-state index in [0.29, 0.717) is 18.9 Å². The molecule has 114 valence electrons. The Morgan fingerprint density at radius 2 is 2.05 bits per heavy atom. The largest absolute Gasteiger partial charge is 0.388 e. The van der Waals surface area contributed by atoms with E-state index in [-0.39, 0.29) is 0 Å². The summed E-state index contributed by atoms with van der Waals surface area (Å²) in [7, 11) is 0. The summed E-state index contributed by atoms with van der Waals surface area (Å²) in [6.07, 6.45) is 6.87. The summed E-state index contributed by atoms with van der Waals surface area (Å²) >= 11 is 0. The van der Waals surface area contributed by atoms with E-state index in [1.165, 1.54) is 32.1 Å². The first-order chi connectivity index (χ1) is 10.2. The minimum atomic E-state index is -0.479. The van der Waals surface area contributed by atoms with Crippen LogP contribution in [0.4, 0.5) is 0 Å². The lowest BCUT2D eigenvalue weighted by Gasteiger charge is -2.24. The second-order valence-electron chi connectivity index (χ2n) is 6.17. The molecule has 0 aliphatic heterocycles. The molecule has 0 bridgehead atoms. The van der Waals surface area contributed by atoms with Crippen molar-refractivity contribution in [3.8, 4) is 11.8 Å². The van der Waals surface area contributed by atoms with E-state index in [4.69, 9.17) is 5.73 Å². The summed E-state index contributed by atoms with van der Waals surface area (Å²) in [5.41, 5.74) is 7.40. The van der Waals surface area contributed by atoms with E-state index >= 15 is 0 Å². The van der Waals surface area contributed by atoms with Gasteiger partial charge >= 0.3 is 0 Å². The molecule has 1 saturated carbocycles. The van der Waals surface area contributed by atoms with E-state index in [1.54, 1.807) is 0 Å². The molecule has 2 atom stereocenters. The van der Waals surface area contributed by atoms with Gasteiger partial charge in [0.25, 0.3) is 0 Å². The minimum absolute atomic E-state index is 0.461. The first kappa shape index (κ1) is 16.1. The predicted molar refractivity (Wildman–Crippen MR) is 87.7 cm³/mol. The number of benzene rings is 1. The van der Waals surface area contributed by atoms with Crippen molar-refractivity contribution in [1.82, 2.24) is 0 Å². The minimum Gasteiger partial charge on any atom is -0.388 e. The van der Waals surface area contributed by atoms with Crippen LogP contribution >= 0.6 is 0 Å². The molecule has 21 heavy (non-hydrogen) atoms. The SMILES string of the molecule is CC(C#Cc1cccc([C@H](O)CCN)c1)C1CCCCC1. The summed E-state index contributed by atoms with van der Waals surface area (Å²) in [6.45, 7) is 2.74. The highest BCUT2D eigenvalue weighted by molar-refractivity contribution is 5.38. The van der Waals surface area contributed by atoms with Crippen molar-refractivity contribution < 1.29 is 5.11 Å². The molecule has 0 spiro atoms. The zero-order chi connectivity index (χ0) is 15.1. The fourth-order valence-electron chi connectivity index (χ4n) is 3.10. The Hall–Kier alpha value is -1.30. The van der Waals surface area contributed by atoms with Gasteiger partial charge in [0.15, 0.2) is 0 Å². The van der Waals surface area contributed by atoms with Crippen molar-refractivity contribution in [2.24, 2.45) is 17.6 Å². The smallest absolute Gasteiger partial charge is 0.0802 e. The average Bonchev–Trinajstić information content (AvgIpc) is 2.54. The second kappa shape index (κ2) is 8.22. The predicted octanol–water partition coefficient (Wildman–Crippen LogP) is 3.64. The first-order valence-electron chi connectivity index (χ1n) is 8.20. The van der Waals surface area contributed by atoms with Crippen molar-refractivity contribution in [3.63, 3.8) is 0 Å². The van der Waals surface area contributed by atoms with E-state index < -0.39 is 6.10 Å². The Morgan fingerprint density at radius 1 is 1.29 bits per heavy atom. The summed E-state index contributed by atoms with van der Waals surface area (Å²) < 4.78 is 0. The third kappa shape index (κ3) is 4.88. The molecule has 1 aliphatic carbocycles. The van der Waals surface area contributed by atoms with E-state index in [0.717, 1.165) is 17.0 Å². The summed E-state index contributed by atoms with van der Waals surface area (Å²) in [4.78, 5) is 0. The number of hydrogen-bond donors (Lipinski definition) is 2. The molecule has 2 heteroatoms. The highest BCUT2D eigenvalue weighted by Crippen LogP contribution is 2.29. The number of hydrogen-bond acceptors (Lipinski definition) is 2. The molecule has 1 aromatic carbocycles. The molecule has 0 aromatic heterocycles. The van der Waals surface area contributed by atoms with Gasteiger partial charge in [-0.3, -0.25) is 0 Å². The van der Waals surface area contributed by atoms with Crippen LogP contribution in [-0.2, 0) is 0 Å². The van der Waals surface area contributed by atoms with Crippen LogP contribution in [0.3, 0.4) is 0 Å². The standard InChI is InChI=1S/C19H27NO/c1-15(17-7-3-2-4-8-17)10-11-16-6-5-9-18(14-16)19(21)12-13-20/h5-6,9,14-15,17,19,21H,2-4,7-8,12-13,20H2,1H3/t15?,19-/m1/s1. The molecule has 1 aliphatic rings. The lowest BCUT2D eigenvalue weighted by atomic mass is 9.81. The molecular weight excluding hydrogens is 258 g/mol. The summed E-state index contributed by atoms with van der Waals surface area (Å²) in [6, 6.07) is 7.90. The van der Waals surface area contributed by atoms with E-state index in [2.05, 4.69) is 18.8 Å². The zero-order valence-electron chi connectivity index (χ0n) is 13.0. The number of aliphatic hydroxyl groups is 1. The van der Waals surface area contributed by atoms with Gasteiger partial charge in [0, 0.05) is 11.5 Å². The van der Waals surface area contributed by atoms with Crippen LogP contribution < -0.4 is 5.73 Å². The maximum absolute atomic E-state index is 10.00. The fraction of sp³-hybridized carbons (Fsp3) is 0.579. The number of rotatable bonds is 4. The Labute approximate surface area is 128 Å². The van der Waals surface area contributed by atoms with Crippen molar-refractivity contribution in [2.45, 2.75) is 51.6 Å².